The Balaban J connectivity index is 4.26. The third-order valence-corrected chi connectivity index (χ3v) is 2.11. The molecule has 0 bridgehead atoms. The zero-order valence-corrected chi connectivity index (χ0v) is 9.64. The number of hydrogen-bond donors (Lipinski definition) is 2. The summed E-state index contributed by atoms with van der Waals surface area (Å²) in [6.07, 6.45) is 6.70. The molecule has 0 aromatic rings. The standard InChI is InChI=1S/C11H23N3/c1-4-6-10-14(9-5-2)11(13-3)7-8-12/h7-8,12-13H,4-6,9-10H2,1-3H3/b11-7+,12-8?. The van der Waals surface area contributed by atoms with Crippen molar-refractivity contribution in [3.63, 3.8) is 0 Å². The molecule has 0 amide bonds. The fraction of sp³-hybridized carbons (Fsp3) is 0.727. The average molecular weight is 197 g/mol. The Labute approximate surface area is 87.7 Å². The second-order valence-corrected chi connectivity index (χ2v) is 3.31. The van der Waals surface area contributed by atoms with Gasteiger partial charge < -0.3 is 15.6 Å². The Morgan fingerprint density at radius 1 is 1.29 bits per heavy atom. The van der Waals surface area contributed by atoms with E-state index in [-0.39, 0.29) is 0 Å². The lowest BCUT2D eigenvalue weighted by Gasteiger charge is -2.26. The third-order valence-electron chi connectivity index (χ3n) is 2.11. The van der Waals surface area contributed by atoms with Gasteiger partial charge in [-0.05, 0) is 18.9 Å². The molecule has 0 unspecified atom stereocenters. The summed E-state index contributed by atoms with van der Waals surface area (Å²) in [4.78, 5) is 2.30. The van der Waals surface area contributed by atoms with Crippen LogP contribution >= 0.6 is 0 Å². The average Bonchev–Trinajstić information content (AvgIpc) is 2.21. The molecule has 0 rings (SSSR count). The third kappa shape index (κ3) is 4.90. The van der Waals surface area contributed by atoms with E-state index in [2.05, 4.69) is 24.1 Å². The van der Waals surface area contributed by atoms with E-state index in [0.29, 0.717) is 0 Å². The molecule has 14 heavy (non-hydrogen) atoms. The van der Waals surface area contributed by atoms with E-state index in [0.717, 1.165) is 25.3 Å². The maximum Gasteiger partial charge on any atom is 0.103 e. The van der Waals surface area contributed by atoms with E-state index < -0.39 is 0 Å². The molecule has 0 heterocycles. The molecule has 0 saturated carbocycles. The van der Waals surface area contributed by atoms with Crippen molar-refractivity contribution in [2.24, 2.45) is 0 Å². The van der Waals surface area contributed by atoms with Gasteiger partial charge in [-0.2, -0.15) is 0 Å². The van der Waals surface area contributed by atoms with E-state index in [1.54, 1.807) is 0 Å². The number of nitrogens with one attached hydrogen (secondary N) is 2. The summed E-state index contributed by atoms with van der Waals surface area (Å²) in [6.45, 7) is 6.51. The van der Waals surface area contributed by atoms with Crippen LogP contribution in [0.3, 0.4) is 0 Å². The minimum absolute atomic E-state index is 1.05. The van der Waals surface area contributed by atoms with Crippen molar-refractivity contribution in [2.45, 2.75) is 33.1 Å². The fourth-order valence-corrected chi connectivity index (χ4v) is 1.40. The first-order valence-electron chi connectivity index (χ1n) is 5.43. The van der Waals surface area contributed by atoms with Gasteiger partial charge in [0, 0.05) is 26.4 Å². The van der Waals surface area contributed by atoms with Gasteiger partial charge in [0.05, 0.1) is 0 Å². The Bertz CT molecular complexity index is 175. The Morgan fingerprint density at radius 2 is 2.00 bits per heavy atom. The van der Waals surface area contributed by atoms with Crippen LogP contribution < -0.4 is 5.32 Å². The molecule has 0 aliphatic rings. The van der Waals surface area contributed by atoms with Gasteiger partial charge in [0.25, 0.3) is 0 Å². The molecule has 0 spiro atoms. The zero-order chi connectivity index (χ0) is 10.8. The maximum absolute atomic E-state index is 7.07. The van der Waals surface area contributed by atoms with Crippen molar-refractivity contribution >= 4 is 6.21 Å². The van der Waals surface area contributed by atoms with Gasteiger partial charge in [-0.1, -0.05) is 20.3 Å². The van der Waals surface area contributed by atoms with E-state index in [1.807, 2.05) is 13.1 Å². The Kier molecular flexibility index (Phi) is 7.99. The minimum Gasteiger partial charge on any atom is -0.375 e. The molecule has 0 aromatic carbocycles. The first-order chi connectivity index (χ1) is 6.79. The number of hydrogen-bond acceptors (Lipinski definition) is 3. The smallest absolute Gasteiger partial charge is 0.103 e. The highest BCUT2D eigenvalue weighted by molar-refractivity contribution is 5.68. The van der Waals surface area contributed by atoms with Gasteiger partial charge in [-0.3, -0.25) is 0 Å². The van der Waals surface area contributed by atoms with E-state index >= 15 is 0 Å². The van der Waals surface area contributed by atoms with Crippen molar-refractivity contribution < 1.29 is 0 Å². The fourth-order valence-electron chi connectivity index (χ4n) is 1.40. The molecule has 0 aliphatic heterocycles. The summed E-state index contributed by atoms with van der Waals surface area (Å²) < 4.78 is 0. The number of unbranched alkanes of at least 4 members (excludes halogenated alkanes) is 1. The van der Waals surface area contributed by atoms with E-state index in [4.69, 9.17) is 5.41 Å². The van der Waals surface area contributed by atoms with Gasteiger partial charge in [0.1, 0.15) is 5.82 Å². The molecule has 0 radical (unpaired) electrons. The number of nitrogens with zero attached hydrogens (tertiary/aromatic N) is 1. The lowest BCUT2D eigenvalue weighted by atomic mass is 10.3. The van der Waals surface area contributed by atoms with Gasteiger partial charge in [0.15, 0.2) is 0 Å². The Hall–Kier alpha value is -0.990. The van der Waals surface area contributed by atoms with Crippen LogP contribution in [0.4, 0.5) is 0 Å². The summed E-state index contributed by atoms with van der Waals surface area (Å²) in [5.74, 6) is 1.05. The van der Waals surface area contributed by atoms with Crippen LogP contribution in [0.25, 0.3) is 0 Å². The molecule has 82 valence electrons. The van der Waals surface area contributed by atoms with Crippen LogP contribution in [0, 0.1) is 5.41 Å². The van der Waals surface area contributed by atoms with E-state index in [1.165, 1.54) is 19.1 Å². The molecule has 0 aliphatic carbocycles. The molecule has 0 atom stereocenters. The van der Waals surface area contributed by atoms with Crippen LogP contribution in [-0.4, -0.2) is 31.3 Å². The zero-order valence-electron chi connectivity index (χ0n) is 9.64. The van der Waals surface area contributed by atoms with Gasteiger partial charge in [-0.15, -0.1) is 0 Å². The largest absolute Gasteiger partial charge is 0.375 e. The molecule has 2 N–H and O–H groups in total. The van der Waals surface area contributed by atoms with Crippen LogP contribution in [-0.2, 0) is 0 Å². The first-order valence-corrected chi connectivity index (χ1v) is 5.43. The molecular weight excluding hydrogens is 174 g/mol. The summed E-state index contributed by atoms with van der Waals surface area (Å²) in [5, 5.41) is 10.2. The molecule has 3 nitrogen and oxygen atoms in total. The molecular formula is C11H23N3. The van der Waals surface area contributed by atoms with Crippen molar-refractivity contribution in [1.29, 1.82) is 5.41 Å². The van der Waals surface area contributed by atoms with Gasteiger partial charge >= 0.3 is 0 Å². The summed E-state index contributed by atoms with van der Waals surface area (Å²) in [5.41, 5.74) is 0. The Morgan fingerprint density at radius 3 is 2.43 bits per heavy atom. The normalized spacial score (nSPS) is 11.2. The first kappa shape index (κ1) is 13.0. The molecule has 0 fully saturated rings. The van der Waals surface area contributed by atoms with Crippen LogP contribution in [0.15, 0.2) is 11.9 Å². The van der Waals surface area contributed by atoms with Gasteiger partial charge in [-0.25, -0.2) is 0 Å². The monoisotopic (exact) mass is 197 g/mol. The SMILES string of the molecule is CCCCN(CCC)/C(=C/C=N)NC. The van der Waals surface area contributed by atoms with Crippen LogP contribution in [0.1, 0.15) is 33.1 Å². The van der Waals surface area contributed by atoms with Crippen molar-refractivity contribution in [1.82, 2.24) is 10.2 Å². The highest BCUT2D eigenvalue weighted by Crippen LogP contribution is 2.03. The van der Waals surface area contributed by atoms with Gasteiger partial charge in [0.2, 0.25) is 0 Å². The van der Waals surface area contributed by atoms with E-state index in [9.17, 15) is 0 Å². The second kappa shape index (κ2) is 8.60. The highest BCUT2D eigenvalue weighted by atomic mass is 15.2. The lowest BCUT2D eigenvalue weighted by molar-refractivity contribution is 0.320. The maximum atomic E-state index is 7.07. The quantitative estimate of drug-likeness (QED) is 0.586. The molecule has 0 aromatic heterocycles. The predicted octanol–water partition coefficient (Wildman–Crippen LogP) is 2.21. The highest BCUT2D eigenvalue weighted by Gasteiger charge is 2.04. The van der Waals surface area contributed by atoms with Crippen molar-refractivity contribution in [3.05, 3.63) is 11.9 Å². The topological polar surface area (TPSA) is 39.1 Å². The summed E-state index contributed by atoms with van der Waals surface area (Å²) in [7, 11) is 1.91. The molecule has 3 heteroatoms. The number of rotatable bonds is 8. The predicted molar refractivity (Wildman–Crippen MR) is 62.7 cm³/mol. The van der Waals surface area contributed by atoms with Crippen molar-refractivity contribution in [2.75, 3.05) is 20.1 Å². The summed E-state index contributed by atoms with van der Waals surface area (Å²) >= 11 is 0. The van der Waals surface area contributed by atoms with Crippen molar-refractivity contribution in [3.8, 4) is 0 Å². The van der Waals surface area contributed by atoms with Crippen LogP contribution in [0.2, 0.25) is 0 Å². The number of allylic oxidation sites excluding steroid dienone is 1. The second-order valence-electron chi connectivity index (χ2n) is 3.31. The lowest BCUT2D eigenvalue weighted by Crippen LogP contribution is -2.31. The summed E-state index contributed by atoms with van der Waals surface area (Å²) in [6, 6.07) is 0. The van der Waals surface area contributed by atoms with Crippen LogP contribution in [0.5, 0.6) is 0 Å². The molecule has 0 saturated heterocycles. The minimum atomic E-state index is 1.05.